The molecular formula is C17H30N2O. The first-order valence-corrected chi connectivity index (χ1v) is 8.08. The van der Waals surface area contributed by atoms with Gasteiger partial charge in [0, 0.05) is 12.2 Å². The van der Waals surface area contributed by atoms with Crippen LogP contribution in [0, 0.1) is 6.92 Å². The molecule has 0 aromatic carbocycles. The summed E-state index contributed by atoms with van der Waals surface area (Å²) in [6.45, 7) is 8.91. The molecule has 0 atom stereocenters. The molecule has 0 spiro atoms. The minimum Gasteiger partial charge on any atom is -0.492 e. The van der Waals surface area contributed by atoms with Gasteiger partial charge in [-0.25, -0.2) is 0 Å². The van der Waals surface area contributed by atoms with Crippen LogP contribution < -0.4 is 10.1 Å². The lowest BCUT2D eigenvalue weighted by Gasteiger charge is -2.11. The molecule has 0 aliphatic heterocycles. The van der Waals surface area contributed by atoms with E-state index in [0.717, 1.165) is 43.3 Å². The summed E-state index contributed by atoms with van der Waals surface area (Å²) in [6, 6.07) is 4.07. The summed E-state index contributed by atoms with van der Waals surface area (Å²) in [5.41, 5.74) is 2.07. The van der Waals surface area contributed by atoms with E-state index in [1.54, 1.807) is 0 Å². The Morgan fingerprint density at radius 3 is 2.55 bits per heavy atom. The monoisotopic (exact) mass is 278 g/mol. The molecule has 1 aromatic heterocycles. The third-order valence-electron chi connectivity index (χ3n) is 3.37. The third-order valence-corrected chi connectivity index (χ3v) is 3.37. The number of nitrogens with zero attached hydrogens (tertiary/aromatic N) is 1. The number of hydrogen-bond acceptors (Lipinski definition) is 3. The molecule has 3 nitrogen and oxygen atoms in total. The van der Waals surface area contributed by atoms with Crippen molar-refractivity contribution >= 4 is 0 Å². The van der Waals surface area contributed by atoms with Gasteiger partial charge in [-0.05, 0) is 32.0 Å². The lowest BCUT2D eigenvalue weighted by Crippen LogP contribution is -2.14. The summed E-state index contributed by atoms with van der Waals surface area (Å²) >= 11 is 0. The van der Waals surface area contributed by atoms with Gasteiger partial charge >= 0.3 is 0 Å². The second-order valence-corrected chi connectivity index (χ2v) is 5.29. The minimum atomic E-state index is 0.782. The van der Waals surface area contributed by atoms with E-state index in [1.807, 2.05) is 19.1 Å². The van der Waals surface area contributed by atoms with Crippen LogP contribution in [-0.2, 0) is 6.54 Å². The van der Waals surface area contributed by atoms with Gasteiger partial charge in [-0.2, -0.15) is 0 Å². The van der Waals surface area contributed by atoms with Crippen molar-refractivity contribution in [1.29, 1.82) is 0 Å². The number of hydrogen-bond donors (Lipinski definition) is 1. The normalized spacial score (nSPS) is 10.8. The van der Waals surface area contributed by atoms with Gasteiger partial charge in [0.1, 0.15) is 5.75 Å². The smallest absolute Gasteiger partial charge is 0.142 e. The molecule has 1 rings (SSSR count). The Morgan fingerprint density at radius 1 is 1.05 bits per heavy atom. The summed E-state index contributed by atoms with van der Waals surface area (Å²) in [6.07, 6.45) is 7.75. The molecule has 20 heavy (non-hydrogen) atoms. The van der Waals surface area contributed by atoms with Crippen LogP contribution in [0.1, 0.15) is 63.8 Å². The van der Waals surface area contributed by atoms with Crippen LogP contribution in [0.2, 0.25) is 0 Å². The quantitative estimate of drug-likeness (QED) is 0.615. The lowest BCUT2D eigenvalue weighted by molar-refractivity contribution is 0.299. The molecule has 1 N–H and O–H groups in total. The number of pyridine rings is 1. The van der Waals surface area contributed by atoms with Crippen LogP contribution >= 0.6 is 0 Å². The van der Waals surface area contributed by atoms with Crippen molar-refractivity contribution in [2.45, 2.75) is 65.8 Å². The van der Waals surface area contributed by atoms with Crippen molar-refractivity contribution in [2.24, 2.45) is 0 Å². The highest BCUT2D eigenvalue weighted by molar-refractivity contribution is 5.29. The number of aromatic nitrogens is 1. The zero-order chi connectivity index (χ0) is 14.6. The molecule has 3 heteroatoms. The maximum absolute atomic E-state index is 5.89. The Kier molecular flexibility index (Phi) is 9.05. The first kappa shape index (κ1) is 17.0. The molecule has 0 radical (unpaired) electrons. The average Bonchev–Trinajstić information content (AvgIpc) is 2.45. The van der Waals surface area contributed by atoms with Gasteiger partial charge < -0.3 is 10.1 Å². The van der Waals surface area contributed by atoms with E-state index in [9.17, 15) is 0 Å². The first-order valence-electron chi connectivity index (χ1n) is 8.08. The van der Waals surface area contributed by atoms with Crippen molar-refractivity contribution in [3.8, 4) is 5.75 Å². The molecule has 1 heterocycles. The van der Waals surface area contributed by atoms with Crippen molar-refractivity contribution in [1.82, 2.24) is 10.3 Å². The Balaban J connectivity index is 2.31. The molecule has 0 aliphatic rings. The van der Waals surface area contributed by atoms with E-state index in [4.69, 9.17) is 4.74 Å². The van der Waals surface area contributed by atoms with E-state index in [-0.39, 0.29) is 0 Å². The van der Waals surface area contributed by atoms with Gasteiger partial charge in [-0.1, -0.05) is 46.0 Å². The van der Waals surface area contributed by atoms with Gasteiger partial charge in [-0.15, -0.1) is 0 Å². The predicted octanol–water partition coefficient (Wildman–Crippen LogP) is 4.24. The number of aryl methyl sites for hydroxylation is 1. The highest BCUT2D eigenvalue weighted by Crippen LogP contribution is 2.17. The standard InChI is InChI=1S/C17H30N2O/c1-4-6-7-8-9-10-13-20-17-12-11-15(3)19-16(17)14-18-5-2/h11-12,18H,4-10,13-14H2,1-3H3. The second-order valence-electron chi connectivity index (χ2n) is 5.29. The number of nitrogens with one attached hydrogen (secondary N) is 1. The second kappa shape index (κ2) is 10.7. The van der Waals surface area contributed by atoms with E-state index >= 15 is 0 Å². The molecule has 0 saturated carbocycles. The van der Waals surface area contributed by atoms with Gasteiger partial charge in [0.05, 0.1) is 12.3 Å². The molecule has 0 amide bonds. The first-order chi connectivity index (χ1) is 9.77. The van der Waals surface area contributed by atoms with Crippen molar-refractivity contribution < 1.29 is 4.74 Å². The fraction of sp³-hybridized carbons (Fsp3) is 0.706. The van der Waals surface area contributed by atoms with Gasteiger partial charge in [0.15, 0.2) is 0 Å². The number of unbranched alkanes of at least 4 members (excludes halogenated alkanes) is 5. The fourth-order valence-corrected chi connectivity index (χ4v) is 2.16. The third kappa shape index (κ3) is 6.90. The number of ether oxygens (including phenoxy) is 1. The van der Waals surface area contributed by atoms with Crippen LogP contribution in [0.4, 0.5) is 0 Å². The minimum absolute atomic E-state index is 0.782. The van der Waals surface area contributed by atoms with E-state index in [2.05, 4.69) is 24.1 Å². The number of rotatable bonds is 11. The summed E-state index contributed by atoms with van der Waals surface area (Å²) in [5, 5.41) is 3.31. The molecular weight excluding hydrogens is 248 g/mol. The summed E-state index contributed by atoms with van der Waals surface area (Å²) in [5.74, 6) is 0.935. The highest BCUT2D eigenvalue weighted by Gasteiger charge is 2.05. The molecule has 0 bridgehead atoms. The molecule has 1 aromatic rings. The van der Waals surface area contributed by atoms with Crippen molar-refractivity contribution in [2.75, 3.05) is 13.2 Å². The van der Waals surface area contributed by atoms with Crippen LogP contribution in [0.5, 0.6) is 5.75 Å². The summed E-state index contributed by atoms with van der Waals surface area (Å²) in [4.78, 5) is 4.56. The van der Waals surface area contributed by atoms with Crippen molar-refractivity contribution in [3.05, 3.63) is 23.5 Å². The van der Waals surface area contributed by atoms with Crippen LogP contribution in [0.15, 0.2) is 12.1 Å². The van der Waals surface area contributed by atoms with Gasteiger partial charge in [-0.3, -0.25) is 4.98 Å². The maximum atomic E-state index is 5.89. The Hall–Kier alpha value is -1.09. The van der Waals surface area contributed by atoms with Crippen molar-refractivity contribution in [3.63, 3.8) is 0 Å². The Morgan fingerprint density at radius 2 is 1.80 bits per heavy atom. The summed E-state index contributed by atoms with van der Waals surface area (Å²) in [7, 11) is 0. The van der Waals surface area contributed by atoms with Gasteiger partial charge in [0.25, 0.3) is 0 Å². The Labute approximate surface area is 124 Å². The Bertz CT molecular complexity index is 366. The maximum Gasteiger partial charge on any atom is 0.142 e. The zero-order valence-electron chi connectivity index (χ0n) is 13.4. The fourth-order valence-electron chi connectivity index (χ4n) is 2.16. The highest BCUT2D eigenvalue weighted by atomic mass is 16.5. The summed E-state index contributed by atoms with van der Waals surface area (Å²) < 4.78 is 5.89. The molecule has 0 aliphatic carbocycles. The lowest BCUT2D eigenvalue weighted by atomic mass is 10.1. The zero-order valence-corrected chi connectivity index (χ0v) is 13.4. The molecule has 114 valence electrons. The van der Waals surface area contributed by atoms with E-state index in [1.165, 1.54) is 32.1 Å². The SMILES string of the molecule is CCCCCCCCOc1ccc(C)nc1CNCC. The van der Waals surface area contributed by atoms with E-state index in [0.29, 0.717) is 0 Å². The van der Waals surface area contributed by atoms with Crippen LogP contribution in [0.3, 0.4) is 0 Å². The predicted molar refractivity (Wildman–Crippen MR) is 85.2 cm³/mol. The topological polar surface area (TPSA) is 34.1 Å². The van der Waals surface area contributed by atoms with Gasteiger partial charge in [0.2, 0.25) is 0 Å². The average molecular weight is 278 g/mol. The molecule has 0 unspecified atom stereocenters. The molecule has 0 saturated heterocycles. The molecule has 0 fully saturated rings. The van der Waals surface area contributed by atoms with Crippen LogP contribution in [-0.4, -0.2) is 18.1 Å². The van der Waals surface area contributed by atoms with E-state index < -0.39 is 0 Å². The van der Waals surface area contributed by atoms with Crippen LogP contribution in [0.25, 0.3) is 0 Å². The largest absolute Gasteiger partial charge is 0.492 e.